The number of amides is 2. The van der Waals surface area contributed by atoms with Crippen molar-refractivity contribution >= 4 is 23.3 Å². The normalized spacial score (nSPS) is 22.4. The molecule has 0 bridgehead atoms. The zero-order valence-electron chi connectivity index (χ0n) is 11.7. The van der Waals surface area contributed by atoms with E-state index in [1.54, 1.807) is 6.07 Å². The van der Waals surface area contributed by atoms with Gasteiger partial charge in [-0.15, -0.1) is 0 Å². The minimum absolute atomic E-state index is 0.218. The maximum absolute atomic E-state index is 11.9. The molecular weight excluding hydrogens is 276 g/mol. The Hall–Kier alpha value is -1.26. The molecule has 5 heteroatoms. The van der Waals surface area contributed by atoms with Gasteiger partial charge < -0.3 is 15.7 Å². The first-order valence-corrected chi connectivity index (χ1v) is 7.42. The van der Waals surface area contributed by atoms with Gasteiger partial charge in [0.05, 0.1) is 16.8 Å². The molecule has 110 valence electrons. The summed E-state index contributed by atoms with van der Waals surface area (Å²) in [5.74, 6) is 0.359. The van der Waals surface area contributed by atoms with Crippen molar-refractivity contribution in [1.29, 1.82) is 0 Å². The van der Waals surface area contributed by atoms with Crippen molar-refractivity contribution in [2.24, 2.45) is 5.92 Å². The maximum Gasteiger partial charge on any atom is 0.319 e. The first kappa shape index (κ1) is 15.1. The second-order valence-corrected chi connectivity index (χ2v) is 5.84. The quantitative estimate of drug-likeness (QED) is 0.801. The van der Waals surface area contributed by atoms with Crippen LogP contribution in [0, 0.1) is 12.8 Å². The summed E-state index contributed by atoms with van der Waals surface area (Å²) in [4.78, 5) is 11.9. The van der Waals surface area contributed by atoms with Crippen molar-refractivity contribution in [2.45, 2.75) is 38.7 Å². The van der Waals surface area contributed by atoms with Crippen LogP contribution in [0.1, 0.15) is 31.2 Å². The molecule has 2 rings (SSSR count). The Labute approximate surface area is 124 Å². The molecule has 1 aliphatic rings. The summed E-state index contributed by atoms with van der Waals surface area (Å²) in [5.41, 5.74) is 1.55. The number of aryl methyl sites for hydroxylation is 1. The zero-order valence-corrected chi connectivity index (χ0v) is 12.4. The lowest BCUT2D eigenvalue weighted by Gasteiger charge is -2.25. The molecule has 1 aliphatic carbocycles. The summed E-state index contributed by atoms with van der Waals surface area (Å²) in [6.45, 7) is 2.49. The molecule has 0 radical (unpaired) electrons. The van der Waals surface area contributed by atoms with E-state index in [-0.39, 0.29) is 12.1 Å². The molecule has 0 heterocycles. The molecule has 0 spiro atoms. The van der Waals surface area contributed by atoms with Crippen molar-refractivity contribution in [3.63, 3.8) is 0 Å². The molecule has 2 unspecified atom stereocenters. The molecule has 4 nitrogen and oxygen atoms in total. The fraction of sp³-hybridized carbons (Fsp3) is 0.533. The molecule has 1 saturated carbocycles. The minimum Gasteiger partial charge on any atom is -0.393 e. The summed E-state index contributed by atoms with van der Waals surface area (Å²) >= 11 is 6.13. The van der Waals surface area contributed by atoms with Crippen LogP contribution in [0.25, 0.3) is 0 Å². The molecule has 0 saturated heterocycles. The Kier molecular flexibility index (Phi) is 5.26. The van der Waals surface area contributed by atoms with E-state index in [1.807, 2.05) is 19.1 Å². The van der Waals surface area contributed by atoms with Crippen molar-refractivity contribution in [1.82, 2.24) is 5.32 Å². The second-order valence-electron chi connectivity index (χ2n) is 5.46. The molecule has 20 heavy (non-hydrogen) atoms. The topological polar surface area (TPSA) is 61.4 Å². The van der Waals surface area contributed by atoms with E-state index in [2.05, 4.69) is 10.6 Å². The van der Waals surface area contributed by atoms with Gasteiger partial charge in [-0.2, -0.15) is 0 Å². The number of carbonyl (C=O) groups excluding carboxylic acids is 1. The highest BCUT2D eigenvalue weighted by Gasteiger charge is 2.20. The molecule has 1 fully saturated rings. The number of carbonyl (C=O) groups is 1. The molecule has 3 N–H and O–H groups in total. The van der Waals surface area contributed by atoms with E-state index in [9.17, 15) is 9.90 Å². The van der Waals surface area contributed by atoms with Crippen LogP contribution < -0.4 is 10.6 Å². The van der Waals surface area contributed by atoms with Crippen LogP contribution in [0.5, 0.6) is 0 Å². The number of aliphatic hydroxyl groups excluding tert-OH is 1. The maximum atomic E-state index is 11.9. The van der Waals surface area contributed by atoms with Crippen LogP contribution in [0.2, 0.25) is 5.02 Å². The first-order chi connectivity index (χ1) is 9.56. The SMILES string of the molecule is Cc1cccc(NC(=O)NCC2CCCC(O)C2)c1Cl. The number of nitrogens with one attached hydrogen (secondary N) is 2. The van der Waals surface area contributed by atoms with Gasteiger partial charge in [0.25, 0.3) is 0 Å². The average molecular weight is 297 g/mol. The Morgan fingerprint density at radius 1 is 1.45 bits per heavy atom. The van der Waals surface area contributed by atoms with Crippen LogP contribution in [0.15, 0.2) is 18.2 Å². The Balaban J connectivity index is 1.82. The van der Waals surface area contributed by atoms with Crippen LogP contribution in [-0.2, 0) is 0 Å². The van der Waals surface area contributed by atoms with Gasteiger partial charge in [0, 0.05) is 6.54 Å². The summed E-state index contributed by atoms with van der Waals surface area (Å²) in [6, 6.07) is 5.28. The molecule has 0 aliphatic heterocycles. The monoisotopic (exact) mass is 296 g/mol. The van der Waals surface area contributed by atoms with Gasteiger partial charge in [0.1, 0.15) is 0 Å². The number of hydrogen-bond donors (Lipinski definition) is 3. The van der Waals surface area contributed by atoms with Gasteiger partial charge in [-0.3, -0.25) is 0 Å². The summed E-state index contributed by atoms with van der Waals surface area (Å²) in [6.07, 6.45) is 3.51. The van der Waals surface area contributed by atoms with Gasteiger partial charge in [0.15, 0.2) is 0 Å². The highest BCUT2D eigenvalue weighted by atomic mass is 35.5. The highest BCUT2D eigenvalue weighted by Crippen LogP contribution is 2.25. The van der Waals surface area contributed by atoms with E-state index in [0.717, 1.165) is 31.2 Å². The Morgan fingerprint density at radius 3 is 3.00 bits per heavy atom. The van der Waals surface area contributed by atoms with Gasteiger partial charge in [-0.05, 0) is 43.7 Å². The van der Waals surface area contributed by atoms with E-state index in [1.165, 1.54) is 0 Å². The number of rotatable bonds is 3. The number of halogens is 1. The predicted octanol–water partition coefficient (Wildman–Crippen LogP) is 3.32. The summed E-state index contributed by atoms with van der Waals surface area (Å²) in [7, 11) is 0. The lowest BCUT2D eigenvalue weighted by molar-refractivity contribution is 0.101. The lowest BCUT2D eigenvalue weighted by atomic mass is 9.87. The molecule has 2 amide bonds. The second kappa shape index (κ2) is 6.95. The Bertz CT molecular complexity index is 479. The first-order valence-electron chi connectivity index (χ1n) is 7.04. The van der Waals surface area contributed by atoms with Crippen molar-refractivity contribution in [3.05, 3.63) is 28.8 Å². The van der Waals surface area contributed by atoms with Crippen molar-refractivity contribution in [3.8, 4) is 0 Å². The fourth-order valence-electron chi connectivity index (χ4n) is 2.60. The van der Waals surface area contributed by atoms with Crippen LogP contribution >= 0.6 is 11.6 Å². The number of benzene rings is 1. The molecule has 0 aromatic heterocycles. The lowest BCUT2D eigenvalue weighted by Crippen LogP contribution is -2.35. The van der Waals surface area contributed by atoms with E-state index >= 15 is 0 Å². The molecule has 2 atom stereocenters. The van der Waals surface area contributed by atoms with Crippen LogP contribution in [0.3, 0.4) is 0 Å². The fourth-order valence-corrected chi connectivity index (χ4v) is 2.77. The van der Waals surface area contributed by atoms with Crippen LogP contribution in [-0.4, -0.2) is 23.8 Å². The third-order valence-electron chi connectivity index (χ3n) is 3.75. The molecular formula is C15H21ClN2O2. The zero-order chi connectivity index (χ0) is 14.5. The Morgan fingerprint density at radius 2 is 2.25 bits per heavy atom. The van der Waals surface area contributed by atoms with E-state index < -0.39 is 0 Å². The standard InChI is InChI=1S/C15H21ClN2O2/c1-10-4-2-7-13(14(10)16)18-15(20)17-9-11-5-3-6-12(19)8-11/h2,4,7,11-12,19H,3,5-6,8-9H2,1H3,(H2,17,18,20). The van der Waals surface area contributed by atoms with Gasteiger partial charge >= 0.3 is 6.03 Å². The number of urea groups is 1. The molecule has 1 aromatic rings. The number of aliphatic hydroxyl groups is 1. The van der Waals surface area contributed by atoms with E-state index in [4.69, 9.17) is 11.6 Å². The summed E-state index contributed by atoms with van der Waals surface area (Å²) < 4.78 is 0. The van der Waals surface area contributed by atoms with E-state index in [0.29, 0.717) is 23.2 Å². The van der Waals surface area contributed by atoms with Gasteiger partial charge in [-0.1, -0.05) is 30.2 Å². The predicted molar refractivity (Wildman–Crippen MR) is 81.2 cm³/mol. The minimum atomic E-state index is -0.252. The highest BCUT2D eigenvalue weighted by molar-refractivity contribution is 6.34. The third-order valence-corrected chi connectivity index (χ3v) is 4.25. The van der Waals surface area contributed by atoms with Gasteiger partial charge in [0.2, 0.25) is 0 Å². The number of hydrogen-bond acceptors (Lipinski definition) is 2. The van der Waals surface area contributed by atoms with Crippen molar-refractivity contribution < 1.29 is 9.90 Å². The van der Waals surface area contributed by atoms with Crippen LogP contribution in [0.4, 0.5) is 10.5 Å². The largest absolute Gasteiger partial charge is 0.393 e. The molecule has 1 aromatic carbocycles. The summed E-state index contributed by atoms with van der Waals surface area (Å²) in [5, 5.41) is 15.8. The number of anilines is 1. The third kappa shape index (κ3) is 4.12. The van der Waals surface area contributed by atoms with Gasteiger partial charge in [-0.25, -0.2) is 4.79 Å². The smallest absolute Gasteiger partial charge is 0.319 e. The van der Waals surface area contributed by atoms with Crippen molar-refractivity contribution in [2.75, 3.05) is 11.9 Å². The average Bonchev–Trinajstić information content (AvgIpc) is 2.42.